The molecule has 2 aromatic carbocycles. The zero-order valence-electron chi connectivity index (χ0n) is 22.1. The smallest absolute Gasteiger partial charge is 0.282 e. The number of piperazine rings is 1. The van der Waals surface area contributed by atoms with Crippen LogP contribution in [-0.4, -0.2) is 82.9 Å². The van der Waals surface area contributed by atoms with Crippen molar-refractivity contribution in [2.24, 2.45) is 0 Å². The van der Waals surface area contributed by atoms with Crippen molar-refractivity contribution in [3.8, 4) is 5.69 Å². The van der Waals surface area contributed by atoms with Crippen LogP contribution < -0.4 is 15.8 Å². The maximum atomic E-state index is 13.1. The summed E-state index contributed by atoms with van der Waals surface area (Å²) in [7, 11) is 4.25. The molecule has 10 heteroatoms. The van der Waals surface area contributed by atoms with E-state index in [2.05, 4.69) is 61.3 Å². The number of aryl methyl sites for hydroxylation is 1. The maximum Gasteiger partial charge on any atom is 0.282 e. The molecule has 0 bridgehead atoms. The highest BCUT2D eigenvalue weighted by molar-refractivity contribution is 6.32. The molecule has 1 N–H and O–H groups in total. The summed E-state index contributed by atoms with van der Waals surface area (Å²) < 4.78 is 1.30. The summed E-state index contributed by atoms with van der Waals surface area (Å²) in [6.07, 6.45) is 2.75. The number of halogens is 1. The Labute approximate surface area is 227 Å². The molecule has 0 aliphatic carbocycles. The number of fused-ring (bicyclic) bond motifs is 1. The molecule has 0 atom stereocenters. The third-order valence-corrected chi connectivity index (χ3v) is 7.15. The van der Waals surface area contributed by atoms with E-state index in [1.165, 1.54) is 16.8 Å². The lowest BCUT2D eigenvalue weighted by Gasteiger charge is -2.36. The summed E-state index contributed by atoms with van der Waals surface area (Å²) in [5.74, 6) is 0.413. The molecule has 0 saturated carbocycles. The molecule has 0 spiro atoms. The second-order valence-electron chi connectivity index (χ2n) is 9.87. The van der Waals surface area contributed by atoms with Gasteiger partial charge in [0.15, 0.2) is 0 Å². The highest BCUT2D eigenvalue weighted by Gasteiger charge is 2.17. The molecule has 198 valence electrons. The van der Waals surface area contributed by atoms with E-state index in [1.807, 2.05) is 31.2 Å². The number of anilines is 3. The number of nitrogens with one attached hydrogen (secondary N) is 1. The highest BCUT2D eigenvalue weighted by atomic mass is 35.5. The first-order chi connectivity index (χ1) is 18.4. The number of hydrogen-bond donors (Lipinski definition) is 1. The molecular formula is C28H33ClN8O. The fourth-order valence-corrected chi connectivity index (χ4v) is 4.96. The Kier molecular flexibility index (Phi) is 7.87. The minimum atomic E-state index is -0.313. The lowest BCUT2D eigenvalue weighted by atomic mass is 10.2. The predicted octanol–water partition coefficient (Wildman–Crippen LogP) is 3.95. The molecule has 9 nitrogen and oxygen atoms in total. The topological polar surface area (TPSA) is 82.4 Å². The van der Waals surface area contributed by atoms with Crippen LogP contribution in [0.25, 0.3) is 16.6 Å². The Morgan fingerprint density at radius 1 is 1.03 bits per heavy atom. The van der Waals surface area contributed by atoms with Gasteiger partial charge in [0.2, 0.25) is 5.95 Å². The second-order valence-corrected chi connectivity index (χ2v) is 10.3. The van der Waals surface area contributed by atoms with Gasteiger partial charge in [-0.25, -0.2) is 9.97 Å². The van der Waals surface area contributed by atoms with Gasteiger partial charge in [0.05, 0.1) is 21.8 Å². The number of rotatable bonds is 8. The zero-order chi connectivity index (χ0) is 26.6. The molecule has 38 heavy (non-hydrogen) atoms. The number of hydrogen-bond acceptors (Lipinski definition) is 8. The summed E-state index contributed by atoms with van der Waals surface area (Å²) >= 11 is 6.30. The Bertz CT molecular complexity index is 1460. The van der Waals surface area contributed by atoms with Crippen LogP contribution in [0.5, 0.6) is 0 Å². The van der Waals surface area contributed by atoms with Crippen molar-refractivity contribution in [1.29, 1.82) is 0 Å². The monoisotopic (exact) mass is 532 g/mol. The lowest BCUT2D eigenvalue weighted by Crippen LogP contribution is -2.46. The van der Waals surface area contributed by atoms with Crippen LogP contribution in [0.3, 0.4) is 0 Å². The van der Waals surface area contributed by atoms with E-state index in [9.17, 15) is 4.79 Å². The average molecular weight is 533 g/mol. The fraction of sp³-hybridized carbons (Fsp3) is 0.357. The van der Waals surface area contributed by atoms with Crippen LogP contribution in [-0.2, 0) is 0 Å². The Morgan fingerprint density at radius 2 is 1.76 bits per heavy atom. The SMILES string of the molecule is Cc1nn(-c2ccccc2Cl)c(=O)c2cnc(Nc3ccc(N4CCN(CCCN(C)C)CC4)cc3)nc12. The molecule has 0 unspecified atom stereocenters. The van der Waals surface area contributed by atoms with Gasteiger partial charge < -0.3 is 15.1 Å². The van der Waals surface area contributed by atoms with E-state index in [0.29, 0.717) is 33.3 Å². The average Bonchev–Trinajstić information content (AvgIpc) is 2.92. The summed E-state index contributed by atoms with van der Waals surface area (Å²) in [5.41, 5.74) is 3.43. The van der Waals surface area contributed by atoms with E-state index in [1.54, 1.807) is 18.3 Å². The van der Waals surface area contributed by atoms with Crippen molar-refractivity contribution in [3.05, 3.63) is 75.8 Å². The zero-order valence-corrected chi connectivity index (χ0v) is 22.8. The molecule has 1 fully saturated rings. The number of aromatic nitrogens is 4. The van der Waals surface area contributed by atoms with Crippen LogP contribution in [0.15, 0.2) is 59.5 Å². The first kappa shape index (κ1) is 26.1. The molecule has 1 saturated heterocycles. The van der Waals surface area contributed by atoms with Gasteiger partial charge in [-0.2, -0.15) is 9.78 Å². The summed E-state index contributed by atoms with van der Waals surface area (Å²) in [6.45, 7) is 8.34. The number of para-hydroxylation sites is 1. The highest BCUT2D eigenvalue weighted by Crippen LogP contribution is 2.23. The standard InChI is InChI=1S/C28H33ClN8O/c1-20-26-23(27(38)37(33-20)25-8-5-4-7-24(25)29)19-30-28(32-26)31-21-9-11-22(12-10-21)36-17-15-35(16-18-36)14-6-13-34(2)3/h4-5,7-12,19H,6,13-18H2,1-3H3,(H,30,31,32). The minimum absolute atomic E-state index is 0.313. The molecule has 4 aromatic rings. The van der Waals surface area contributed by atoms with Gasteiger partial charge in [-0.15, -0.1) is 0 Å². The molecular weight excluding hydrogens is 500 g/mol. The third kappa shape index (κ3) is 5.80. The van der Waals surface area contributed by atoms with E-state index >= 15 is 0 Å². The quantitative estimate of drug-likeness (QED) is 0.365. The fourth-order valence-electron chi connectivity index (χ4n) is 4.74. The van der Waals surface area contributed by atoms with E-state index < -0.39 is 0 Å². The Hall–Kier alpha value is -3.53. The van der Waals surface area contributed by atoms with Crippen molar-refractivity contribution in [1.82, 2.24) is 29.5 Å². The third-order valence-electron chi connectivity index (χ3n) is 6.83. The van der Waals surface area contributed by atoms with Crippen molar-refractivity contribution in [2.45, 2.75) is 13.3 Å². The van der Waals surface area contributed by atoms with Crippen molar-refractivity contribution in [3.63, 3.8) is 0 Å². The van der Waals surface area contributed by atoms with Gasteiger partial charge in [-0.1, -0.05) is 23.7 Å². The molecule has 1 aliphatic heterocycles. The Balaban J connectivity index is 1.26. The number of benzene rings is 2. The van der Waals surface area contributed by atoms with E-state index in [4.69, 9.17) is 11.6 Å². The van der Waals surface area contributed by atoms with Gasteiger partial charge in [-0.05, 0) is 76.9 Å². The van der Waals surface area contributed by atoms with Gasteiger partial charge in [0.1, 0.15) is 5.52 Å². The minimum Gasteiger partial charge on any atom is -0.369 e. The van der Waals surface area contributed by atoms with Crippen molar-refractivity contribution in [2.75, 3.05) is 63.6 Å². The van der Waals surface area contributed by atoms with Gasteiger partial charge in [-0.3, -0.25) is 9.69 Å². The van der Waals surface area contributed by atoms with Gasteiger partial charge >= 0.3 is 0 Å². The van der Waals surface area contributed by atoms with Gasteiger partial charge in [0.25, 0.3) is 5.56 Å². The molecule has 3 heterocycles. The molecule has 0 radical (unpaired) electrons. The molecule has 5 rings (SSSR count). The van der Waals surface area contributed by atoms with Crippen LogP contribution >= 0.6 is 11.6 Å². The van der Waals surface area contributed by atoms with E-state index in [-0.39, 0.29) is 5.56 Å². The van der Waals surface area contributed by atoms with Gasteiger partial charge in [0, 0.05) is 43.8 Å². The van der Waals surface area contributed by atoms with Crippen molar-refractivity contribution < 1.29 is 0 Å². The summed E-state index contributed by atoms with van der Waals surface area (Å²) in [4.78, 5) is 29.3. The molecule has 1 aliphatic rings. The lowest BCUT2D eigenvalue weighted by molar-refractivity contribution is 0.242. The summed E-state index contributed by atoms with van der Waals surface area (Å²) in [6, 6.07) is 15.4. The first-order valence-corrected chi connectivity index (χ1v) is 13.3. The number of nitrogens with zero attached hydrogens (tertiary/aromatic N) is 7. The summed E-state index contributed by atoms with van der Waals surface area (Å²) in [5, 5.41) is 8.56. The van der Waals surface area contributed by atoms with Crippen LogP contribution in [0.1, 0.15) is 12.1 Å². The van der Waals surface area contributed by atoms with Crippen molar-refractivity contribution >= 4 is 39.8 Å². The van der Waals surface area contributed by atoms with Crippen LogP contribution in [0.4, 0.5) is 17.3 Å². The predicted molar refractivity (Wildman–Crippen MR) is 154 cm³/mol. The van der Waals surface area contributed by atoms with Crippen LogP contribution in [0, 0.1) is 6.92 Å². The van der Waals surface area contributed by atoms with E-state index in [0.717, 1.165) is 45.0 Å². The first-order valence-electron chi connectivity index (χ1n) is 12.9. The maximum absolute atomic E-state index is 13.1. The van der Waals surface area contributed by atoms with Crippen LogP contribution in [0.2, 0.25) is 5.02 Å². The molecule has 2 aromatic heterocycles. The normalized spacial score (nSPS) is 14.4. The Morgan fingerprint density at radius 3 is 2.47 bits per heavy atom. The second kappa shape index (κ2) is 11.5. The molecule has 0 amide bonds. The largest absolute Gasteiger partial charge is 0.369 e.